The highest BCUT2D eigenvalue weighted by Crippen LogP contribution is 2.11. The van der Waals surface area contributed by atoms with Crippen molar-refractivity contribution in [3.63, 3.8) is 0 Å². The highest BCUT2D eigenvalue weighted by Gasteiger charge is 2.03. The zero-order valence-corrected chi connectivity index (χ0v) is 9.60. The van der Waals surface area contributed by atoms with Crippen LogP contribution < -0.4 is 5.73 Å². The molecule has 0 aliphatic rings. The van der Waals surface area contributed by atoms with E-state index in [0.717, 1.165) is 32.2 Å². The van der Waals surface area contributed by atoms with E-state index in [2.05, 4.69) is 6.92 Å². The van der Waals surface area contributed by atoms with Crippen LogP contribution in [-0.2, 0) is 4.79 Å². The molecule has 0 aromatic heterocycles. The molecule has 0 fully saturated rings. The standard InChI is InChI=1S/C9H19NO.C2H6/c1-8(7-9(2)11)5-3-4-6-10;1-2/h8H,3-7,10H2,1-2H3;1-2H3. The van der Waals surface area contributed by atoms with E-state index < -0.39 is 0 Å². The Balaban J connectivity index is 0. The summed E-state index contributed by atoms with van der Waals surface area (Å²) in [5.41, 5.74) is 5.35. The number of hydrogen-bond acceptors (Lipinski definition) is 2. The summed E-state index contributed by atoms with van der Waals surface area (Å²) in [7, 11) is 0. The molecule has 0 saturated carbocycles. The van der Waals surface area contributed by atoms with Crippen LogP contribution in [0.25, 0.3) is 0 Å². The van der Waals surface area contributed by atoms with E-state index in [9.17, 15) is 4.79 Å². The molecule has 0 radical (unpaired) electrons. The summed E-state index contributed by atoms with van der Waals surface area (Å²) < 4.78 is 0. The highest BCUT2D eigenvalue weighted by atomic mass is 16.1. The third-order valence-electron chi connectivity index (χ3n) is 1.79. The van der Waals surface area contributed by atoms with Crippen LogP contribution in [0.3, 0.4) is 0 Å². The fourth-order valence-corrected chi connectivity index (χ4v) is 1.23. The molecule has 1 atom stereocenters. The summed E-state index contributed by atoms with van der Waals surface area (Å²) >= 11 is 0. The fourth-order valence-electron chi connectivity index (χ4n) is 1.23. The summed E-state index contributed by atoms with van der Waals surface area (Å²) in [5.74, 6) is 0.837. The van der Waals surface area contributed by atoms with Crippen molar-refractivity contribution >= 4 is 5.78 Å². The Bertz CT molecular complexity index is 113. The van der Waals surface area contributed by atoms with Gasteiger partial charge in [0.1, 0.15) is 5.78 Å². The van der Waals surface area contributed by atoms with Crippen molar-refractivity contribution < 1.29 is 4.79 Å². The van der Waals surface area contributed by atoms with Gasteiger partial charge in [-0.2, -0.15) is 0 Å². The Morgan fingerprint density at radius 2 is 1.85 bits per heavy atom. The molecule has 2 heteroatoms. The zero-order valence-electron chi connectivity index (χ0n) is 9.60. The second-order valence-electron chi connectivity index (χ2n) is 3.30. The molecule has 0 aromatic carbocycles. The fraction of sp³-hybridized carbons (Fsp3) is 0.909. The molecule has 0 amide bonds. The van der Waals surface area contributed by atoms with Gasteiger partial charge in [0.2, 0.25) is 0 Å². The van der Waals surface area contributed by atoms with E-state index in [-0.39, 0.29) is 0 Å². The van der Waals surface area contributed by atoms with Gasteiger partial charge in [-0.05, 0) is 25.8 Å². The zero-order chi connectivity index (χ0) is 10.7. The van der Waals surface area contributed by atoms with E-state index in [1.807, 2.05) is 13.8 Å². The van der Waals surface area contributed by atoms with Crippen molar-refractivity contribution in [1.82, 2.24) is 0 Å². The first-order chi connectivity index (χ1) is 6.16. The minimum atomic E-state index is 0.297. The molecular weight excluding hydrogens is 162 g/mol. The van der Waals surface area contributed by atoms with Gasteiger partial charge in [0, 0.05) is 6.42 Å². The minimum absolute atomic E-state index is 0.297. The Morgan fingerprint density at radius 1 is 1.31 bits per heavy atom. The molecule has 0 aliphatic heterocycles. The van der Waals surface area contributed by atoms with Gasteiger partial charge in [-0.3, -0.25) is 0 Å². The number of carbonyl (C=O) groups is 1. The van der Waals surface area contributed by atoms with Gasteiger partial charge < -0.3 is 10.5 Å². The summed E-state index contributed by atoms with van der Waals surface area (Å²) in [4.78, 5) is 10.7. The predicted octanol–water partition coefficient (Wildman–Crippen LogP) is 2.76. The molecule has 2 N–H and O–H groups in total. The van der Waals surface area contributed by atoms with Crippen LogP contribution in [0.4, 0.5) is 0 Å². The van der Waals surface area contributed by atoms with Crippen LogP contribution in [0.15, 0.2) is 0 Å². The van der Waals surface area contributed by atoms with Crippen LogP contribution in [0.5, 0.6) is 0 Å². The van der Waals surface area contributed by atoms with Gasteiger partial charge >= 0.3 is 0 Å². The lowest BCUT2D eigenvalue weighted by Gasteiger charge is -2.07. The lowest BCUT2D eigenvalue weighted by molar-refractivity contribution is -0.117. The first kappa shape index (κ1) is 15.1. The Labute approximate surface area is 82.9 Å². The molecule has 0 bridgehead atoms. The summed E-state index contributed by atoms with van der Waals surface area (Å²) in [6.45, 7) is 8.55. The normalized spacial score (nSPS) is 11.5. The monoisotopic (exact) mass is 187 g/mol. The number of carbonyl (C=O) groups excluding carboxylic acids is 1. The van der Waals surface area contributed by atoms with E-state index >= 15 is 0 Å². The van der Waals surface area contributed by atoms with Crippen molar-refractivity contribution in [2.24, 2.45) is 11.7 Å². The maximum Gasteiger partial charge on any atom is 0.130 e. The topological polar surface area (TPSA) is 43.1 Å². The summed E-state index contributed by atoms with van der Waals surface area (Å²) in [5, 5.41) is 0. The van der Waals surface area contributed by atoms with Crippen LogP contribution in [-0.4, -0.2) is 12.3 Å². The smallest absolute Gasteiger partial charge is 0.130 e. The van der Waals surface area contributed by atoms with Gasteiger partial charge in [0.05, 0.1) is 0 Å². The molecule has 2 nitrogen and oxygen atoms in total. The second kappa shape index (κ2) is 11.6. The van der Waals surface area contributed by atoms with Gasteiger partial charge in [-0.1, -0.05) is 33.6 Å². The van der Waals surface area contributed by atoms with Crippen LogP contribution in [0.1, 0.15) is 53.4 Å². The maximum absolute atomic E-state index is 10.7. The van der Waals surface area contributed by atoms with Crippen molar-refractivity contribution in [3.8, 4) is 0 Å². The number of rotatable bonds is 6. The molecule has 80 valence electrons. The van der Waals surface area contributed by atoms with Crippen LogP contribution >= 0.6 is 0 Å². The van der Waals surface area contributed by atoms with E-state index in [0.29, 0.717) is 11.7 Å². The largest absolute Gasteiger partial charge is 0.330 e. The number of unbranched alkanes of at least 4 members (excludes halogenated alkanes) is 1. The van der Waals surface area contributed by atoms with Crippen molar-refractivity contribution in [1.29, 1.82) is 0 Å². The first-order valence-electron chi connectivity index (χ1n) is 5.36. The number of Topliss-reactive ketones (excluding diaryl/α,β-unsaturated/α-hetero) is 1. The Morgan fingerprint density at radius 3 is 2.23 bits per heavy atom. The first-order valence-corrected chi connectivity index (χ1v) is 5.36. The van der Waals surface area contributed by atoms with Gasteiger partial charge in [-0.15, -0.1) is 0 Å². The average molecular weight is 187 g/mol. The SMILES string of the molecule is CC.CC(=O)CC(C)CCCCN. The second-order valence-corrected chi connectivity index (χ2v) is 3.30. The van der Waals surface area contributed by atoms with Gasteiger partial charge in [0.25, 0.3) is 0 Å². The number of hydrogen-bond donors (Lipinski definition) is 1. The molecule has 0 aliphatic carbocycles. The van der Waals surface area contributed by atoms with Crippen molar-refractivity contribution in [3.05, 3.63) is 0 Å². The third-order valence-corrected chi connectivity index (χ3v) is 1.79. The van der Waals surface area contributed by atoms with E-state index in [4.69, 9.17) is 5.73 Å². The summed E-state index contributed by atoms with van der Waals surface area (Å²) in [6.07, 6.45) is 4.11. The van der Waals surface area contributed by atoms with E-state index in [1.165, 1.54) is 0 Å². The van der Waals surface area contributed by atoms with Crippen LogP contribution in [0, 0.1) is 5.92 Å². The molecular formula is C11H25NO. The third kappa shape index (κ3) is 14.5. The minimum Gasteiger partial charge on any atom is -0.330 e. The predicted molar refractivity (Wildman–Crippen MR) is 58.7 cm³/mol. The molecule has 13 heavy (non-hydrogen) atoms. The van der Waals surface area contributed by atoms with Gasteiger partial charge in [-0.25, -0.2) is 0 Å². The Hall–Kier alpha value is -0.370. The van der Waals surface area contributed by atoms with Crippen molar-refractivity contribution in [2.75, 3.05) is 6.54 Å². The molecule has 0 heterocycles. The Kier molecular flexibility index (Phi) is 13.5. The lowest BCUT2D eigenvalue weighted by Crippen LogP contribution is -2.03. The quantitative estimate of drug-likeness (QED) is 0.650. The van der Waals surface area contributed by atoms with Crippen LogP contribution in [0.2, 0.25) is 0 Å². The van der Waals surface area contributed by atoms with Crippen molar-refractivity contribution in [2.45, 2.75) is 53.4 Å². The van der Waals surface area contributed by atoms with E-state index in [1.54, 1.807) is 6.92 Å². The maximum atomic E-state index is 10.7. The van der Waals surface area contributed by atoms with Gasteiger partial charge in [0.15, 0.2) is 0 Å². The molecule has 0 rings (SSSR count). The molecule has 0 spiro atoms. The lowest BCUT2D eigenvalue weighted by atomic mass is 9.99. The summed E-state index contributed by atoms with van der Waals surface area (Å²) in [6, 6.07) is 0. The average Bonchev–Trinajstić information content (AvgIpc) is 2.07. The molecule has 0 aromatic rings. The highest BCUT2D eigenvalue weighted by molar-refractivity contribution is 5.75. The molecule has 1 unspecified atom stereocenters. The number of ketones is 1. The molecule has 0 saturated heterocycles. The number of nitrogens with two attached hydrogens (primary N) is 1.